The number of aliphatic hydroxyl groups excluding tert-OH is 1. The summed E-state index contributed by atoms with van der Waals surface area (Å²) in [5.74, 6) is 0.624. The van der Waals surface area contributed by atoms with Crippen LogP contribution >= 0.6 is 23.4 Å². The van der Waals surface area contributed by atoms with Crippen molar-refractivity contribution in [1.29, 1.82) is 0 Å². The Morgan fingerprint density at radius 2 is 2.00 bits per heavy atom. The fourth-order valence-electron chi connectivity index (χ4n) is 2.06. The summed E-state index contributed by atoms with van der Waals surface area (Å²) in [6.07, 6.45) is 0. The first-order chi connectivity index (χ1) is 9.78. The maximum Gasteiger partial charge on any atom is 0.166 e. The van der Waals surface area contributed by atoms with E-state index in [-0.39, 0.29) is 6.61 Å². The van der Waals surface area contributed by atoms with Gasteiger partial charge < -0.3 is 10.1 Å². The summed E-state index contributed by atoms with van der Waals surface area (Å²) in [7, 11) is 0. The van der Waals surface area contributed by atoms with Crippen LogP contribution in [0.25, 0.3) is 22.2 Å². The molecule has 0 bridgehead atoms. The van der Waals surface area contributed by atoms with Crippen LogP contribution in [0.4, 0.5) is 0 Å². The zero-order valence-corrected chi connectivity index (χ0v) is 12.2. The number of nitrogens with one attached hydrogen (secondary N) is 1. The summed E-state index contributed by atoms with van der Waals surface area (Å²) in [5.41, 5.74) is 3.85. The van der Waals surface area contributed by atoms with Crippen molar-refractivity contribution >= 4 is 34.4 Å². The fourth-order valence-corrected chi connectivity index (χ4v) is 2.96. The zero-order chi connectivity index (χ0) is 13.9. The summed E-state index contributed by atoms with van der Waals surface area (Å²) in [6.45, 7) is 0.137. The average Bonchev–Trinajstić information content (AvgIpc) is 2.86. The third kappa shape index (κ3) is 2.68. The number of hydrogen-bond donors (Lipinski definition) is 2. The highest BCUT2D eigenvalue weighted by Gasteiger charge is 2.09. The van der Waals surface area contributed by atoms with Crippen LogP contribution in [0.1, 0.15) is 0 Å². The van der Waals surface area contributed by atoms with Crippen LogP contribution < -0.4 is 0 Å². The molecule has 1 heterocycles. The monoisotopic (exact) mass is 304 g/mol. The van der Waals surface area contributed by atoms with E-state index in [1.54, 1.807) is 0 Å². The number of H-pyrrole nitrogens is 1. The minimum Gasteiger partial charge on any atom is -0.396 e. The van der Waals surface area contributed by atoms with Crippen molar-refractivity contribution in [3.8, 4) is 11.1 Å². The Balaban J connectivity index is 2.04. The van der Waals surface area contributed by atoms with E-state index >= 15 is 0 Å². The molecule has 0 spiro atoms. The molecule has 0 saturated carbocycles. The molecule has 3 aromatic rings. The topological polar surface area (TPSA) is 48.9 Å². The van der Waals surface area contributed by atoms with Gasteiger partial charge in [0.25, 0.3) is 0 Å². The zero-order valence-electron chi connectivity index (χ0n) is 10.6. The number of aliphatic hydroxyl groups is 1. The first-order valence-corrected chi connectivity index (χ1v) is 7.62. The predicted molar refractivity (Wildman–Crippen MR) is 84.3 cm³/mol. The lowest BCUT2D eigenvalue weighted by Gasteiger charge is -2.04. The highest BCUT2D eigenvalue weighted by Crippen LogP contribution is 2.32. The van der Waals surface area contributed by atoms with Crippen molar-refractivity contribution in [1.82, 2.24) is 9.97 Å². The van der Waals surface area contributed by atoms with E-state index < -0.39 is 0 Å². The maximum absolute atomic E-state index is 8.86. The first kappa shape index (κ1) is 13.5. The molecule has 0 fully saturated rings. The molecule has 0 saturated heterocycles. The molecule has 1 aromatic heterocycles. The van der Waals surface area contributed by atoms with Crippen molar-refractivity contribution in [2.24, 2.45) is 0 Å². The van der Waals surface area contributed by atoms with Crippen molar-refractivity contribution < 1.29 is 5.11 Å². The Labute approximate surface area is 126 Å². The summed E-state index contributed by atoms with van der Waals surface area (Å²) in [6, 6.07) is 13.9. The van der Waals surface area contributed by atoms with Crippen LogP contribution in [0.15, 0.2) is 47.6 Å². The fraction of sp³-hybridized carbons (Fsp3) is 0.133. The number of rotatable bonds is 4. The molecule has 102 valence electrons. The summed E-state index contributed by atoms with van der Waals surface area (Å²) in [5, 5.41) is 10.4. The van der Waals surface area contributed by atoms with Gasteiger partial charge in [0, 0.05) is 11.3 Å². The number of halogens is 1. The van der Waals surface area contributed by atoms with Gasteiger partial charge in [-0.25, -0.2) is 4.98 Å². The lowest BCUT2D eigenvalue weighted by atomic mass is 10.1. The lowest BCUT2D eigenvalue weighted by Crippen LogP contribution is -1.85. The second kappa shape index (κ2) is 5.87. The van der Waals surface area contributed by atoms with Gasteiger partial charge in [-0.05, 0) is 17.7 Å². The Hall–Kier alpha value is -1.49. The normalized spacial score (nSPS) is 11.1. The van der Waals surface area contributed by atoms with Gasteiger partial charge in [0.15, 0.2) is 5.16 Å². The number of thioether (sulfide) groups is 1. The van der Waals surface area contributed by atoms with Gasteiger partial charge >= 0.3 is 0 Å². The van der Waals surface area contributed by atoms with Crippen molar-refractivity contribution in [3.63, 3.8) is 0 Å². The summed E-state index contributed by atoms with van der Waals surface area (Å²) in [4.78, 5) is 7.72. The minimum atomic E-state index is 0.137. The molecule has 0 radical (unpaired) electrons. The standard InChI is InChI=1S/C15H13ClN2OS/c16-12-9-14-13(17-15(18-14)20-7-6-19)8-11(12)10-4-2-1-3-5-10/h1-5,8-9,19H,6-7H2,(H,17,18). The van der Waals surface area contributed by atoms with Gasteiger partial charge in [0.2, 0.25) is 0 Å². The van der Waals surface area contributed by atoms with Gasteiger partial charge in [-0.3, -0.25) is 0 Å². The average molecular weight is 305 g/mol. The molecule has 2 aromatic carbocycles. The van der Waals surface area contributed by atoms with E-state index in [1.807, 2.05) is 42.5 Å². The third-order valence-corrected chi connectivity index (χ3v) is 4.13. The van der Waals surface area contributed by atoms with Gasteiger partial charge in [0.1, 0.15) is 0 Å². The van der Waals surface area contributed by atoms with E-state index in [1.165, 1.54) is 11.8 Å². The molecule has 2 N–H and O–H groups in total. The molecule has 5 heteroatoms. The highest BCUT2D eigenvalue weighted by molar-refractivity contribution is 7.99. The second-order valence-corrected chi connectivity index (χ2v) is 5.82. The van der Waals surface area contributed by atoms with Gasteiger partial charge in [-0.15, -0.1) is 0 Å². The van der Waals surface area contributed by atoms with Gasteiger partial charge in [-0.2, -0.15) is 0 Å². The SMILES string of the molecule is OCCSc1nc2cc(-c3ccccc3)c(Cl)cc2[nH]1. The van der Waals surface area contributed by atoms with Crippen LogP contribution in [-0.2, 0) is 0 Å². The molecule has 0 unspecified atom stereocenters. The largest absolute Gasteiger partial charge is 0.396 e. The first-order valence-electron chi connectivity index (χ1n) is 6.26. The van der Waals surface area contributed by atoms with Gasteiger partial charge in [-0.1, -0.05) is 53.7 Å². The Bertz CT molecular complexity index is 727. The molecule has 0 amide bonds. The maximum atomic E-state index is 8.86. The van der Waals surface area contributed by atoms with E-state index in [0.29, 0.717) is 10.8 Å². The molecule has 3 nitrogen and oxygen atoms in total. The second-order valence-electron chi connectivity index (χ2n) is 4.33. The molecule has 0 atom stereocenters. The molecule has 0 aliphatic rings. The molecular formula is C15H13ClN2OS. The van der Waals surface area contributed by atoms with E-state index in [0.717, 1.165) is 27.3 Å². The minimum absolute atomic E-state index is 0.137. The molecule has 3 rings (SSSR count). The number of nitrogens with zero attached hydrogens (tertiary/aromatic N) is 1. The van der Waals surface area contributed by atoms with Crippen LogP contribution in [0, 0.1) is 0 Å². The quantitative estimate of drug-likeness (QED) is 0.717. The Kier molecular flexibility index (Phi) is 3.96. The van der Waals surface area contributed by atoms with Crippen molar-refractivity contribution in [2.45, 2.75) is 5.16 Å². The predicted octanol–water partition coefficient (Wildman–Crippen LogP) is 3.97. The third-order valence-electron chi connectivity index (χ3n) is 2.96. The smallest absolute Gasteiger partial charge is 0.166 e. The summed E-state index contributed by atoms with van der Waals surface area (Å²) < 4.78 is 0. The molecule has 20 heavy (non-hydrogen) atoms. The van der Waals surface area contributed by atoms with Crippen molar-refractivity contribution in [2.75, 3.05) is 12.4 Å². The van der Waals surface area contributed by atoms with Crippen LogP contribution in [-0.4, -0.2) is 27.4 Å². The lowest BCUT2D eigenvalue weighted by molar-refractivity contribution is 0.322. The number of imidazole rings is 1. The van der Waals surface area contributed by atoms with Crippen LogP contribution in [0.3, 0.4) is 0 Å². The molecular weight excluding hydrogens is 292 g/mol. The van der Waals surface area contributed by atoms with Crippen LogP contribution in [0.2, 0.25) is 5.02 Å². The number of benzene rings is 2. The number of fused-ring (bicyclic) bond motifs is 1. The van der Waals surface area contributed by atoms with E-state index in [4.69, 9.17) is 16.7 Å². The highest BCUT2D eigenvalue weighted by atomic mass is 35.5. The number of aromatic amines is 1. The number of aromatic nitrogens is 2. The molecule has 0 aliphatic heterocycles. The van der Waals surface area contributed by atoms with E-state index in [2.05, 4.69) is 9.97 Å². The number of hydrogen-bond acceptors (Lipinski definition) is 3. The van der Waals surface area contributed by atoms with E-state index in [9.17, 15) is 0 Å². The Morgan fingerprint density at radius 1 is 1.20 bits per heavy atom. The van der Waals surface area contributed by atoms with Gasteiger partial charge in [0.05, 0.1) is 22.7 Å². The van der Waals surface area contributed by atoms with Crippen molar-refractivity contribution in [3.05, 3.63) is 47.5 Å². The molecule has 0 aliphatic carbocycles. The Morgan fingerprint density at radius 3 is 2.75 bits per heavy atom. The van der Waals surface area contributed by atoms with Crippen LogP contribution in [0.5, 0.6) is 0 Å². The summed E-state index contributed by atoms with van der Waals surface area (Å²) >= 11 is 7.85.